The lowest BCUT2D eigenvalue weighted by molar-refractivity contribution is -0.274. The van der Waals surface area contributed by atoms with Gasteiger partial charge in [0.25, 0.3) is 0 Å². The summed E-state index contributed by atoms with van der Waals surface area (Å²) in [6, 6.07) is 5.27. The number of benzene rings is 1. The minimum atomic E-state index is -4.69. The molecule has 1 aromatic carbocycles. The molecule has 0 aromatic heterocycles. The summed E-state index contributed by atoms with van der Waals surface area (Å²) in [7, 11) is 0. The van der Waals surface area contributed by atoms with Gasteiger partial charge in [0, 0.05) is 6.54 Å². The van der Waals surface area contributed by atoms with E-state index in [2.05, 4.69) is 4.74 Å². The van der Waals surface area contributed by atoms with Crippen LogP contribution in [0.15, 0.2) is 24.3 Å². The van der Waals surface area contributed by atoms with Crippen LogP contribution in [0.2, 0.25) is 0 Å². The van der Waals surface area contributed by atoms with Crippen molar-refractivity contribution in [3.63, 3.8) is 0 Å². The van der Waals surface area contributed by atoms with Crippen LogP contribution in [0.4, 0.5) is 13.2 Å². The summed E-state index contributed by atoms with van der Waals surface area (Å²) in [6.45, 7) is 1.17. The number of ether oxygens (including phenoxy) is 1. The average Bonchev–Trinajstić information content (AvgIpc) is 2.40. The third kappa shape index (κ3) is 4.63. The fourth-order valence-corrected chi connectivity index (χ4v) is 2.35. The predicted octanol–water partition coefficient (Wildman–Crippen LogP) is 2.24. The van der Waals surface area contributed by atoms with Gasteiger partial charge < -0.3 is 10.5 Å². The van der Waals surface area contributed by atoms with E-state index in [0.717, 1.165) is 12.0 Å². The van der Waals surface area contributed by atoms with Crippen molar-refractivity contribution in [2.75, 3.05) is 6.54 Å². The van der Waals surface area contributed by atoms with Gasteiger partial charge in [0.15, 0.2) is 0 Å². The number of carbonyl (C=O) groups excluding carboxylic acids is 1. The molecule has 1 heterocycles. The highest BCUT2D eigenvalue weighted by atomic mass is 19.4. The number of piperidine rings is 1. The van der Waals surface area contributed by atoms with Crippen molar-refractivity contribution >= 4 is 5.91 Å². The van der Waals surface area contributed by atoms with E-state index in [1.165, 1.54) is 12.1 Å². The molecule has 0 bridgehead atoms. The second kappa shape index (κ2) is 6.34. The van der Waals surface area contributed by atoms with Crippen LogP contribution in [0.25, 0.3) is 0 Å². The molecule has 0 saturated carbocycles. The Kier molecular flexibility index (Phi) is 4.72. The molecule has 2 rings (SSSR count). The molecule has 1 fully saturated rings. The van der Waals surface area contributed by atoms with E-state index in [9.17, 15) is 18.0 Å². The average molecular weight is 301 g/mol. The van der Waals surface area contributed by atoms with E-state index in [0.29, 0.717) is 19.5 Å². The molecule has 0 aliphatic carbocycles. The van der Waals surface area contributed by atoms with E-state index >= 15 is 0 Å². The topological polar surface area (TPSA) is 55.6 Å². The Morgan fingerprint density at radius 1 is 1.33 bits per heavy atom. The van der Waals surface area contributed by atoms with E-state index in [4.69, 9.17) is 5.73 Å². The third-order valence-electron chi connectivity index (χ3n) is 3.32. The van der Waals surface area contributed by atoms with Gasteiger partial charge in [-0.15, -0.1) is 13.2 Å². The lowest BCUT2D eigenvalue weighted by Gasteiger charge is -2.33. The number of hydrogen-bond donors (Lipinski definition) is 1. The van der Waals surface area contributed by atoms with Gasteiger partial charge in [-0.05, 0) is 43.5 Å². The molecule has 1 radical (unpaired) electrons. The fourth-order valence-electron chi connectivity index (χ4n) is 2.35. The zero-order valence-electron chi connectivity index (χ0n) is 11.3. The molecule has 0 spiro atoms. The molecule has 1 saturated heterocycles. The second-order valence-electron chi connectivity index (χ2n) is 4.89. The van der Waals surface area contributed by atoms with E-state index < -0.39 is 6.36 Å². The monoisotopic (exact) mass is 301 g/mol. The van der Waals surface area contributed by atoms with Gasteiger partial charge in [-0.25, -0.2) is 0 Å². The number of halogens is 3. The summed E-state index contributed by atoms with van der Waals surface area (Å²) < 4.78 is 40.0. The molecule has 21 heavy (non-hydrogen) atoms. The number of hydrogen-bond acceptors (Lipinski definition) is 3. The molecular formula is C14H16F3N2O2. The minimum absolute atomic E-state index is 0.260. The number of rotatable bonds is 4. The molecule has 1 atom stereocenters. The van der Waals surface area contributed by atoms with Gasteiger partial charge in [-0.1, -0.05) is 12.1 Å². The number of primary amides is 1. The van der Waals surface area contributed by atoms with Gasteiger partial charge in [0.1, 0.15) is 5.75 Å². The molecule has 7 heteroatoms. The molecule has 1 aliphatic heterocycles. The zero-order chi connectivity index (χ0) is 15.5. The fraction of sp³-hybridized carbons (Fsp3) is 0.429. The SMILES string of the molecule is NC(=O)C1C[CH]CCN1Cc1ccc(OC(F)(F)F)cc1. The van der Waals surface area contributed by atoms with Crippen molar-refractivity contribution in [1.29, 1.82) is 0 Å². The van der Waals surface area contributed by atoms with Crippen LogP contribution >= 0.6 is 0 Å². The molecule has 4 nitrogen and oxygen atoms in total. The van der Waals surface area contributed by atoms with Gasteiger partial charge >= 0.3 is 6.36 Å². The van der Waals surface area contributed by atoms with Gasteiger partial charge in [0.05, 0.1) is 6.04 Å². The standard InChI is InChI=1S/C14H16F3N2O2/c15-14(16,17)21-11-6-4-10(5-7-11)9-19-8-2-1-3-12(19)13(18)20/h1,4-7,12H,2-3,8-9H2,(H2,18,20). The Morgan fingerprint density at radius 2 is 2.00 bits per heavy atom. The van der Waals surface area contributed by atoms with Crippen molar-refractivity contribution in [2.24, 2.45) is 5.73 Å². The lowest BCUT2D eigenvalue weighted by atomic mass is 10.0. The van der Waals surface area contributed by atoms with E-state index in [-0.39, 0.29) is 17.7 Å². The van der Waals surface area contributed by atoms with Crippen LogP contribution in [-0.2, 0) is 11.3 Å². The Bertz CT molecular complexity index is 488. The molecule has 2 N–H and O–H groups in total. The van der Waals surface area contributed by atoms with Crippen LogP contribution in [0.3, 0.4) is 0 Å². The number of nitrogens with zero attached hydrogens (tertiary/aromatic N) is 1. The number of carbonyl (C=O) groups is 1. The first-order chi connectivity index (χ1) is 9.85. The number of likely N-dealkylation sites (tertiary alicyclic amines) is 1. The summed E-state index contributed by atoms with van der Waals surface area (Å²) in [5, 5.41) is 0. The van der Waals surface area contributed by atoms with Crippen LogP contribution in [0.1, 0.15) is 18.4 Å². The maximum absolute atomic E-state index is 12.1. The highest BCUT2D eigenvalue weighted by molar-refractivity contribution is 5.80. The van der Waals surface area contributed by atoms with Crippen molar-refractivity contribution in [3.05, 3.63) is 36.2 Å². The Morgan fingerprint density at radius 3 is 2.57 bits per heavy atom. The maximum atomic E-state index is 12.1. The Labute approximate surface area is 120 Å². The van der Waals surface area contributed by atoms with Crippen LogP contribution in [-0.4, -0.2) is 29.8 Å². The van der Waals surface area contributed by atoms with Gasteiger partial charge in [-0.2, -0.15) is 0 Å². The van der Waals surface area contributed by atoms with Gasteiger partial charge in [-0.3, -0.25) is 9.69 Å². The molecule has 1 aromatic rings. The van der Waals surface area contributed by atoms with E-state index in [1.54, 1.807) is 12.1 Å². The molecular weight excluding hydrogens is 285 g/mol. The maximum Gasteiger partial charge on any atom is 0.573 e. The van der Waals surface area contributed by atoms with E-state index in [1.807, 2.05) is 11.3 Å². The molecule has 1 amide bonds. The predicted molar refractivity (Wildman–Crippen MR) is 70.1 cm³/mol. The highest BCUT2D eigenvalue weighted by Crippen LogP contribution is 2.24. The second-order valence-corrected chi connectivity index (χ2v) is 4.89. The van der Waals surface area contributed by atoms with Gasteiger partial charge in [0.2, 0.25) is 5.91 Å². The molecule has 115 valence electrons. The summed E-state index contributed by atoms with van der Waals surface area (Å²) >= 11 is 0. The van der Waals surface area contributed by atoms with Crippen LogP contribution in [0.5, 0.6) is 5.75 Å². The number of alkyl halides is 3. The third-order valence-corrected chi connectivity index (χ3v) is 3.32. The number of nitrogens with two attached hydrogens (primary N) is 1. The largest absolute Gasteiger partial charge is 0.573 e. The quantitative estimate of drug-likeness (QED) is 0.928. The smallest absolute Gasteiger partial charge is 0.406 e. The first kappa shape index (κ1) is 15.6. The molecule has 1 unspecified atom stereocenters. The summed E-state index contributed by atoms with van der Waals surface area (Å²) in [5.41, 5.74) is 6.16. The minimum Gasteiger partial charge on any atom is -0.406 e. The zero-order valence-corrected chi connectivity index (χ0v) is 11.3. The van der Waals surface area contributed by atoms with Crippen molar-refractivity contribution < 1.29 is 22.7 Å². The first-order valence-corrected chi connectivity index (χ1v) is 6.55. The van der Waals surface area contributed by atoms with Crippen LogP contribution in [0, 0.1) is 6.42 Å². The summed E-state index contributed by atoms with van der Waals surface area (Å²) in [4.78, 5) is 13.3. The lowest BCUT2D eigenvalue weighted by Crippen LogP contribution is -2.47. The highest BCUT2D eigenvalue weighted by Gasteiger charge is 2.31. The first-order valence-electron chi connectivity index (χ1n) is 6.55. The Balaban J connectivity index is 2.00. The summed E-state index contributed by atoms with van der Waals surface area (Å²) in [6.07, 6.45) is -1.21. The number of amides is 1. The summed E-state index contributed by atoms with van der Waals surface area (Å²) in [5.74, 6) is -0.646. The van der Waals surface area contributed by atoms with Crippen molar-refractivity contribution in [2.45, 2.75) is 31.8 Å². The molecule has 1 aliphatic rings. The normalized spacial score (nSPS) is 20.2. The van der Waals surface area contributed by atoms with Crippen LogP contribution < -0.4 is 10.5 Å². The van der Waals surface area contributed by atoms with Crippen molar-refractivity contribution in [3.8, 4) is 5.75 Å². The van der Waals surface area contributed by atoms with Crippen molar-refractivity contribution in [1.82, 2.24) is 4.90 Å². The Hall–Kier alpha value is -1.76.